The third-order valence-electron chi connectivity index (χ3n) is 2.84. The molecule has 1 aliphatic rings. The number of nitrogens with zero attached hydrogens (tertiary/aromatic N) is 1. The van der Waals surface area contributed by atoms with Crippen LogP contribution in [0.3, 0.4) is 0 Å². The largest absolute Gasteiger partial charge is 0.302 e. The van der Waals surface area contributed by atoms with Crippen molar-refractivity contribution in [3.05, 3.63) is 0 Å². The molecule has 3 heteroatoms. The van der Waals surface area contributed by atoms with Crippen LogP contribution in [0.25, 0.3) is 0 Å². The average molecular weight is 276 g/mol. The van der Waals surface area contributed by atoms with E-state index in [1.807, 2.05) is 0 Å². The van der Waals surface area contributed by atoms with E-state index < -0.39 is 0 Å². The molecule has 0 bridgehead atoms. The Hall–Kier alpha value is -2.77. The number of nitrogens with one attached hydrogen (secondary N) is 1. The van der Waals surface area contributed by atoms with Gasteiger partial charge in [0, 0.05) is 49.1 Å². The molecular weight excluding hydrogens is 260 g/mol. The molecule has 1 N–H and O–H groups in total. The summed E-state index contributed by atoms with van der Waals surface area (Å²) in [4.78, 5) is 12.8. The van der Waals surface area contributed by atoms with E-state index in [0.29, 0.717) is 6.04 Å². The average Bonchev–Trinajstić information content (AvgIpc) is 2.85. The summed E-state index contributed by atoms with van der Waals surface area (Å²) < 4.78 is 0. The van der Waals surface area contributed by atoms with E-state index in [9.17, 15) is 4.79 Å². The third-order valence-corrected chi connectivity index (χ3v) is 2.84. The van der Waals surface area contributed by atoms with E-state index in [4.69, 9.17) is 0 Å². The fraction of sp³-hybridized carbons (Fsp3) is 0.389. The van der Waals surface area contributed by atoms with Crippen LogP contribution in [0.1, 0.15) is 26.2 Å². The number of hydrogen-bond acceptors (Lipinski definition) is 2. The lowest BCUT2D eigenvalue weighted by molar-refractivity contribution is -0.117. The number of likely N-dealkylation sites (tertiary alicyclic amines) is 1. The van der Waals surface area contributed by atoms with Crippen molar-refractivity contribution in [2.75, 3.05) is 13.6 Å². The second-order valence-electron chi connectivity index (χ2n) is 4.46. The van der Waals surface area contributed by atoms with Crippen molar-refractivity contribution in [2.24, 2.45) is 0 Å². The Kier molecular flexibility index (Phi) is 7.81. The molecule has 0 aromatic heterocycles. The molecular formula is C18H16N2O. The molecule has 0 aromatic carbocycles. The lowest BCUT2D eigenvalue weighted by atomic mass is 10.1. The molecule has 1 saturated heterocycles. The number of carbonyl (C=O) groups is 1. The van der Waals surface area contributed by atoms with Gasteiger partial charge in [-0.3, -0.25) is 10.1 Å². The Balaban J connectivity index is 2.30. The second-order valence-corrected chi connectivity index (χ2v) is 4.46. The Morgan fingerprint density at radius 3 is 2.29 bits per heavy atom. The molecule has 0 spiro atoms. The molecule has 21 heavy (non-hydrogen) atoms. The highest BCUT2D eigenvalue weighted by atomic mass is 16.1. The van der Waals surface area contributed by atoms with E-state index in [1.165, 1.54) is 19.8 Å². The van der Waals surface area contributed by atoms with Crippen molar-refractivity contribution in [2.45, 2.75) is 32.2 Å². The van der Waals surface area contributed by atoms with Crippen LogP contribution in [-0.2, 0) is 4.79 Å². The molecule has 3 nitrogen and oxygen atoms in total. The summed E-state index contributed by atoms with van der Waals surface area (Å²) in [6, 6.07) is 2.95. The first kappa shape index (κ1) is 16.3. The fourth-order valence-corrected chi connectivity index (χ4v) is 1.79. The van der Waals surface area contributed by atoms with Crippen LogP contribution in [-0.4, -0.2) is 30.4 Å². The van der Waals surface area contributed by atoms with E-state index in [1.54, 1.807) is 0 Å². The molecule has 1 heterocycles. The Bertz CT molecular complexity index is 678. The van der Waals surface area contributed by atoms with Gasteiger partial charge in [-0.15, -0.1) is 0 Å². The molecule has 1 fully saturated rings. The first-order chi connectivity index (χ1) is 10.2. The van der Waals surface area contributed by atoms with Gasteiger partial charge in [0.2, 0.25) is 5.91 Å². The summed E-state index contributed by atoms with van der Waals surface area (Å²) in [5, 5.41) is 2.30. The molecule has 1 rings (SSSR count). The fourth-order valence-electron chi connectivity index (χ4n) is 1.79. The highest BCUT2D eigenvalue weighted by Crippen LogP contribution is 2.16. The molecule has 1 atom stereocenters. The van der Waals surface area contributed by atoms with Crippen molar-refractivity contribution in [3.8, 4) is 59.3 Å². The van der Waals surface area contributed by atoms with Crippen molar-refractivity contribution in [3.63, 3.8) is 0 Å². The molecule has 1 amide bonds. The molecule has 1 unspecified atom stereocenters. The molecule has 0 saturated carbocycles. The maximum absolute atomic E-state index is 10.5. The normalized spacial score (nSPS) is 15.2. The van der Waals surface area contributed by atoms with Crippen molar-refractivity contribution in [1.29, 1.82) is 0 Å². The van der Waals surface area contributed by atoms with Crippen LogP contribution in [0.4, 0.5) is 0 Å². The topological polar surface area (TPSA) is 32.3 Å². The van der Waals surface area contributed by atoms with Crippen LogP contribution in [0, 0.1) is 59.3 Å². The van der Waals surface area contributed by atoms with Crippen LogP contribution in [0.2, 0.25) is 0 Å². The first-order valence-electron chi connectivity index (χ1n) is 6.65. The summed E-state index contributed by atoms with van der Waals surface area (Å²) in [5.41, 5.74) is 0. The standard InChI is InChI=1S/C18H16N2O/c1-17(21)19-15-11-9-7-5-3-4-6-8-10-13-18-14-12-16-20(18)2/h18H,12-14,16H2,1-2H3,(H,19,21). The SMILES string of the molecule is CC(=O)NC#CC#CC#CC#CC#CCC1CCCN1C. The van der Waals surface area contributed by atoms with Gasteiger partial charge in [0.05, 0.1) is 0 Å². The number of hydrogen-bond donors (Lipinski definition) is 1. The second kappa shape index (κ2) is 10.1. The zero-order chi connectivity index (χ0) is 15.3. The van der Waals surface area contributed by atoms with Gasteiger partial charge >= 0.3 is 0 Å². The maximum Gasteiger partial charge on any atom is 0.228 e. The summed E-state index contributed by atoms with van der Waals surface area (Å²) in [6.07, 6.45) is 3.33. The minimum Gasteiger partial charge on any atom is -0.302 e. The zero-order valence-corrected chi connectivity index (χ0v) is 12.3. The van der Waals surface area contributed by atoms with Gasteiger partial charge in [-0.1, -0.05) is 5.92 Å². The van der Waals surface area contributed by atoms with Crippen LogP contribution >= 0.6 is 0 Å². The highest BCUT2D eigenvalue weighted by molar-refractivity contribution is 5.74. The smallest absolute Gasteiger partial charge is 0.228 e. The predicted octanol–water partition coefficient (Wildman–Crippen LogP) is 0.581. The molecule has 0 radical (unpaired) electrons. The number of carbonyl (C=O) groups excluding carboxylic acids is 1. The Morgan fingerprint density at radius 1 is 1.10 bits per heavy atom. The van der Waals surface area contributed by atoms with E-state index >= 15 is 0 Å². The third kappa shape index (κ3) is 8.09. The maximum atomic E-state index is 10.5. The first-order valence-corrected chi connectivity index (χ1v) is 6.65. The lowest BCUT2D eigenvalue weighted by Gasteiger charge is -2.15. The van der Waals surface area contributed by atoms with E-state index in [-0.39, 0.29) is 5.91 Å². The van der Waals surface area contributed by atoms with Gasteiger partial charge < -0.3 is 4.90 Å². The van der Waals surface area contributed by atoms with E-state index in [2.05, 4.69) is 76.6 Å². The number of rotatable bonds is 1. The lowest BCUT2D eigenvalue weighted by Crippen LogP contribution is -2.23. The van der Waals surface area contributed by atoms with Crippen LogP contribution < -0.4 is 5.32 Å². The van der Waals surface area contributed by atoms with Gasteiger partial charge in [0.25, 0.3) is 0 Å². The number of amides is 1. The van der Waals surface area contributed by atoms with Crippen molar-refractivity contribution in [1.82, 2.24) is 10.2 Å². The summed E-state index contributed by atoms with van der Waals surface area (Å²) >= 11 is 0. The molecule has 0 aliphatic carbocycles. The Morgan fingerprint density at radius 2 is 1.71 bits per heavy atom. The summed E-state index contributed by atoms with van der Waals surface area (Å²) in [7, 11) is 2.13. The van der Waals surface area contributed by atoms with Gasteiger partial charge in [0.1, 0.15) is 0 Å². The zero-order valence-electron chi connectivity index (χ0n) is 12.3. The summed E-state index contributed by atoms with van der Waals surface area (Å²) in [6.45, 7) is 2.54. The monoisotopic (exact) mass is 276 g/mol. The quantitative estimate of drug-likeness (QED) is 0.561. The van der Waals surface area contributed by atoms with Crippen LogP contribution in [0.15, 0.2) is 0 Å². The van der Waals surface area contributed by atoms with Crippen molar-refractivity contribution < 1.29 is 4.79 Å². The van der Waals surface area contributed by atoms with Gasteiger partial charge in [-0.05, 0) is 50.1 Å². The molecule has 1 aliphatic heterocycles. The predicted molar refractivity (Wildman–Crippen MR) is 83.0 cm³/mol. The Labute approximate surface area is 126 Å². The van der Waals surface area contributed by atoms with Crippen LogP contribution in [0.5, 0.6) is 0 Å². The molecule has 104 valence electrons. The minimum absolute atomic E-state index is 0.219. The van der Waals surface area contributed by atoms with Gasteiger partial charge in [0.15, 0.2) is 0 Å². The van der Waals surface area contributed by atoms with Crippen molar-refractivity contribution >= 4 is 5.91 Å². The highest BCUT2D eigenvalue weighted by Gasteiger charge is 2.18. The van der Waals surface area contributed by atoms with Gasteiger partial charge in [-0.2, -0.15) is 0 Å². The summed E-state index contributed by atoms with van der Waals surface area (Å²) in [5.74, 6) is 23.4. The van der Waals surface area contributed by atoms with E-state index in [0.717, 1.165) is 13.0 Å². The van der Waals surface area contributed by atoms with Gasteiger partial charge in [-0.25, -0.2) is 0 Å². The molecule has 0 aromatic rings. The minimum atomic E-state index is -0.219.